The summed E-state index contributed by atoms with van der Waals surface area (Å²) in [5.74, 6) is -0.295. The van der Waals surface area contributed by atoms with Gasteiger partial charge in [0.05, 0.1) is 25.0 Å². The minimum absolute atomic E-state index is 0.0246. The number of benzene rings is 2. The minimum Gasteiger partial charge on any atom is -0.307 e. The van der Waals surface area contributed by atoms with Gasteiger partial charge in [-0.15, -0.1) is 0 Å². The van der Waals surface area contributed by atoms with Crippen LogP contribution in [0.4, 0.5) is 5.69 Å². The van der Waals surface area contributed by atoms with Crippen molar-refractivity contribution in [1.29, 1.82) is 5.26 Å². The van der Waals surface area contributed by atoms with Crippen molar-refractivity contribution in [3.8, 4) is 6.07 Å². The largest absolute Gasteiger partial charge is 0.307 e. The first kappa shape index (κ1) is 12.4. The van der Waals surface area contributed by atoms with E-state index < -0.39 is 0 Å². The molecule has 1 heterocycles. The molecule has 1 atom stereocenters. The monoisotopic (exact) mass is 262 g/mol. The Labute approximate surface area is 118 Å². The fourth-order valence-corrected chi connectivity index (χ4v) is 2.69. The van der Waals surface area contributed by atoms with Crippen molar-refractivity contribution in [1.82, 2.24) is 0 Å². The van der Waals surface area contributed by atoms with Gasteiger partial charge in [-0.05, 0) is 17.2 Å². The molecule has 1 amide bonds. The molecule has 0 bridgehead atoms. The number of carbonyl (C=O) groups excluding carboxylic acids is 1. The predicted octanol–water partition coefficient (Wildman–Crippen LogP) is 3.23. The Bertz CT molecular complexity index is 673. The van der Waals surface area contributed by atoms with Gasteiger partial charge in [-0.25, -0.2) is 0 Å². The summed E-state index contributed by atoms with van der Waals surface area (Å²) >= 11 is 0. The van der Waals surface area contributed by atoms with Crippen molar-refractivity contribution >= 4 is 11.6 Å². The molecule has 0 spiro atoms. The Hall–Kier alpha value is -2.60. The number of hydrogen-bond acceptors (Lipinski definition) is 2. The minimum atomic E-state index is -0.320. The summed E-state index contributed by atoms with van der Waals surface area (Å²) in [6.45, 7) is 0.554. The molecule has 0 fully saturated rings. The molecule has 98 valence electrons. The van der Waals surface area contributed by atoms with E-state index in [2.05, 4.69) is 6.07 Å². The second-order valence-corrected chi connectivity index (χ2v) is 4.88. The highest BCUT2D eigenvalue weighted by Gasteiger charge is 2.36. The van der Waals surface area contributed by atoms with Gasteiger partial charge in [-0.3, -0.25) is 4.79 Å². The fraction of sp³-hybridized carbons (Fsp3) is 0.176. The number of amides is 1. The Morgan fingerprint density at radius 3 is 2.50 bits per heavy atom. The van der Waals surface area contributed by atoms with Crippen LogP contribution in [0.1, 0.15) is 23.5 Å². The second-order valence-electron chi connectivity index (χ2n) is 4.88. The summed E-state index contributed by atoms with van der Waals surface area (Å²) in [5, 5.41) is 8.93. The van der Waals surface area contributed by atoms with Crippen LogP contribution in [0.3, 0.4) is 0 Å². The SMILES string of the molecule is N#CC[C@H]1C(=O)N(Cc2ccccc2)c2ccccc21. The average Bonchev–Trinajstić information content (AvgIpc) is 2.75. The Kier molecular flexibility index (Phi) is 3.22. The van der Waals surface area contributed by atoms with Crippen molar-refractivity contribution in [3.05, 3.63) is 65.7 Å². The number of rotatable bonds is 3. The molecule has 2 aromatic carbocycles. The molecule has 1 aliphatic rings. The molecular weight excluding hydrogens is 248 g/mol. The molecule has 0 unspecified atom stereocenters. The maximum Gasteiger partial charge on any atom is 0.235 e. The van der Waals surface area contributed by atoms with Crippen LogP contribution < -0.4 is 4.90 Å². The van der Waals surface area contributed by atoms with Crippen molar-refractivity contribution < 1.29 is 4.79 Å². The van der Waals surface area contributed by atoms with E-state index in [1.54, 1.807) is 4.90 Å². The zero-order valence-electron chi connectivity index (χ0n) is 11.0. The average molecular weight is 262 g/mol. The van der Waals surface area contributed by atoms with Crippen molar-refractivity contribution in [3.63, 3.8) is 0 Å². The summed E-state index contributed by atoms with van der Waals surface area (Å²) in [5.41, 5.74) is 2.99. The van der Waals surface area contributed by atoms with Gasteiger partial charge in [0.15, 0.2) is 0 Å². The highest BCUT2D eigenvalue weighted by atomic mass is 16.2. The highest BCUT2D eigenvalue weighted by Crippen LogP contribution is 2.39. The van der Waals surface area contributed by atoms with Crippen LogP contribution in [-0.4, -0.2) is 5.91 Å². The quantitative estimate of drug-likeness (QED) is 0.852. The van der Waals surface area contributed by atoms with E-state index in [9.17, 15) is 4.79 Å². The number of anilines is 1. The smallest absolute Gasteiger partial charge is 0.235 e. The van der Waals surface area contributed by atoms with E-state index in [1.165, 1.54) is 0 Å². The molecule has 0 aromatic heterocycles. The van der Waals surface area contributed by atoms with Crippen molar-refractivity contribution in [2.75, 3.05) is 4.90 Å². The second kappa shape index (κ2) is 5.18. The van der Waals surface area contributed by atoms with Crippen LogP contribution >= 0.6 is 0 Å². The van der Waals surface area contributed by atoms with E-state index in [-0.39, 0.29) is 18.2 Å². The molecule has 3 nitrogen and oxygen atoms in total. The number of nitriles is 1. The van der Waals surface area contributed by atoms with E-state index in [4.69, 9.17) is 5.26 Å². The maximum atomic E-state index is 12.5. The fourth-order valence-electron chi connectivity index (χ4n) is 2.69. The van der Waals surface area contributed by atoms with Crippen molar-refractivity contribution in [2.45, 2.75) is 18.9 Å². The molecule has 0 saturated heterocycles. The van der Waals surface area contributed by atoms with Gasteiger partial charge in [0, 0.05) is 5.69 Å². The van der Waals surface area contributed by atoms with Gasteiger partial charge in [0.25, 0.3) is 0 Å². The Balaban J connectivity index is 1.96. The van der Waals surface area contributed by atoms with Gasteiger partial charge in [0.1, 0.15) is 0 Å². The molecule has 20 heavy (non-hydrogen) atoms. The lowest BCUT2D eigenvalue weighted by Crippen LogP contribution is -2.28. The van der Waals surface area contributed by atoms with Crippen LogP contribution in [0.15, 0.2) is 54.6 Å². The number of nitrogens with zero attached hydrogens (tertiary/aromatic N) is 2. The van der Waals surface area contributed by atoms with Gasteiger partial charge in [-0.2, -0.15) is 5.26 Å². The van der Waals surface area contributed by atoms with Crippen LogP contribution in [0.2, 0.25) is 0 Å². The maximum absolute atomic E-state index is 12.5. The molecule has 0 radical (unpaired) electrons. The molecule has 1 aliphatic heterocycles. The number of fused-ring (bicyclic) bond motifs is 1. The number of para-hydroxylation sites is 1. The summed E-state index contributed by atoms with van der Waals surface area (Å²) in [6.07, 6.45) is 0.237. The van der Waals surface area contributed by atoms with Gasteiger partial charge >= 0.3 is 0 Å². The van der Waals surface area contributed by atoms with Crippen molar-refractivity contribution in [2.24, 2.45) is 0 Å². The van der Waals surface area contributed by atoms with E-state index in [0.717, 1.165) is 16.8 Å². The Morgan fingerprint density at radius 2 is 1.75 bits per heavy atom. The van der Waals surface area contributed by atoms with E-state index in [0.29, 0.717) is 6.54 Å². The molecule has 0 saturated carbocycles. The molecule has 3 heteroatoms. The van der Waals surface area contributed by atoms with Crippen LogP contribution in [0.5, 0.6) is 0 Å². The van der Waals surface area contributed by atoms with Crippen LogP contribution in [0, 0.1) is 11.3 Å². The molecule has 0 N–H and O–H groups in total. The van der Waals surface area contributed by atoms with Gasteiger partial charge in [0.2, 0.25) is 5.91 Å². The van der Waals surface area contributed by atoms with Gasteiger partial charge < -0.3 is 4.90 Å². The molecule has 2 aromatic rings. The third-order valence-corrected chi connectivity index (χ3v) is 3.65. The lowest BCUT2D eigenvalue weighted by atomic mass is 9.98. The third-order valence-electron chi connectivity index (χ3n) is 3.65. The first-order valence-corrected chi connectivity index (χ1v) is 6.62. The summed E-state index contributed by atoms with van der Waals surface area (Å²) in [6, 6.07) is 19.8. The predicted molar refractivity (Wildman–Crippen MR) is 77.0 cm³/mol. The summed E-state index contributed by atoms with van der Waals surface area (Å²) in [7, 11) is 0. The third kappa shape index (κ3) is 2.06. The van der Waals surface area contributed by atoms with Crippen LogP contribution in [0.25, 0.3) is 0 Å². The Morgan fingerprint density at radius 1 is 1.05 bits per heavy atom. The number of carbonyl (C=O) groups is 1. The topological polar surface area (TPSA) is 44.1 Å². The summed E-state index contributed by atoms with van der Waals surface area (Å²) < 4.78 is 0. The lowest BCUT2D eigenvalue weighted by molar-refractivity contribution is -0.119. The first-order valence-electron chi connectivity index (χ1n) is 6.62. The van der Waals surface area contributed by atoms with E-state index >= 15 is 0 Å². The van der Waals surface area contributed by atoms with E-state index in [1.807, 2.05) is 54.6 Å². The normalized spacial score (nSPS) is 16.9. The summed E-state index contributed by atoms with van der Waals surface area (Å²) in [4.78, 5) is 14.3. The molecular formula is C17H14N2O. The first-order chi connectivity index (χ1) is 9.81. The van der Waals surface area contributed by atoms with Crippen LogP contribution in [-0.2, 0) is 11.3 Å². The standard InChI is InChI=1S/C17H14N2O/c18-11-10-15-14-8-4-5-9-16(14)19(17(15)20)12-13-6-2-1-3-7-13/h1-9,15H,10,12H2/t15-/m1/s1. The van der Waals surface area contributed by atoms with Gasteiger partial charge in [-0.1, -0.05) is 48.5 Å². The zero-order chi connectivity index (χ0) is 13.9. The lowest BCUT2D eigenvalue weighted by Gasteiger charge is -2.17. The molecule has 0 aliphatic carbocycles. The number of hydrogen-bond donors (Lipinski definition) is 0. The zero-order valence-corrected chi connectivity index (χ0v) is 11.0. The molecule has 3 rings (SSSR count). The highest BCUT2D eigenvalue weighted by molar-refractivity contribution is 6.05.